The molecule has 118 valence electrons. The van der Waals surface area contributed by atoms with Gasteiger partial charge in [0.25, 0.3) is 5.91 Å². The van der Waals surface area contributed by atoms with E-state index in [4.69, 9.17) is 0 Å². The zero-order chi connectivity index (χ0) is 14.9. The molecule has 3 aliphatic heterocycles. The van der Waals surface area contributed by atoms with Crippen molar-refractivity contribution in [2.45, 2.75) is 44.8 Å². The molecular formula is C18H25N3O. The van der Waals surface area contributed by atoms with Gasteiger partial charge in [0.1, 0.15) is 0 Å². The van der Waals surface area contributed by atoms with Crippen LogP contribution in [0.2, 0.25) is 0 Å². The standard InChI is InChI=1S/C18H25N3O/c22-18(14-3-4-15-12-19-13-16(15)11-14)21-9-5-17(6-10-21)20-7-1-2-8-20/h3-4,11,17,19H,1-2,5-10,12-13H2. The molecule has 0 radical (unpaired) electrons. The molecular weight excluding hydrogens is 274 g/mol. The smallest absolute Gasteiger partial charge is 0.253 e. The highest BCUT2D eigenvalue weighted by molar-refractivity contribution is 5.94. The lowest BCUT2D eigenvalue weighted by Crippen LogP contribution is -2.45. The Balaban J connectivity index is 1.39. The summed E-state index contributed by atoms with van der Waals surface area (Å²) < 4.78 is 0. The van der Waals surface area contributed by atoms with Crippen LogP contribution in [0.25, 0.3) is 0 Å². The Bertz CT molecular complexity index is 557. The number of carbonyl (C=O) groups is 1. The van der Waals surface area contributed by atoms with Crippen LogP contribution in [0.5, 0.6) is 0 Å². The molecule has 0 saturated carbocycles. The lowest BCUT2D eigenvalue weighted by molar-refractivity contribution is 0.0644. The molecule has 1 amide bonds. The fourth-order valence-electron chi connectivity index (χ4n) is 4.15. The normalized spacial score (nSPS) is 23.0. The van der Waals surface area contributed by atoms with Gasteiger partial charge in [0.05, 0.1) is 0 Å². The summed E-state index contributed by atoms with van der Waals surface area (Å²) in [4.78, 5) is 17.4. The highest BCUT2D eigenvalue weighted by Gasteiger charge is 2.28. The van der Waals surface area contributed by atoms with Crippen LogP contribution in [-0.2, 0) is 13.1 Å². The molecule has 1 aromatic rings. The maximum Gasteiger partial charge on any atom is 0.253 e. The van der Waals surface area contributed by atoms with Gasteiger partial charge >= 0.3 is 0 Å². The Kier molecular flexibility index (Phi) is 3.89. The number of rotatable bonds is 2. The van der Waals surface area contributed by atoms with Crippen molar-refractivity contribution in [1.29, 1.82) is 0 Å². The van der Waals surface area contributed by atoms with Crippen molar-refractivity contribution in [3.8, 4) is 0 Å². The number of nitrogens with zero attached hydrogens (tertiary/aromatic N) is 2. The number of hydrogen-bond donors (Lipinski definition) is 1. The first kappa shape index (κ1) is 14.2. The minimum absolute atomic E-state index is 0.217. The van der Waals surface area contributed by atoms with Gasteiger partial charge in [0.15, 0.2) is 0 Å². The zero-order valence-corrected chi connectivity index (χ0v) is 13.2. The maximum atomic E-state index is 12.7. The van der Waals surface area contributed by atoms with Crippen molar-refractivity contribution < 1.29 is 4.79 Å². The lowest BCUT2D eigenvalue weighted by atomic mass is 10.0. The Morgan fingerprint density at radius 1 is 1.00 bits per heavy atom. The Morgan fingerprint density at radius 3 is 2.50 bits per heavy atom. The molecule has 4 rings (SSSR count). The number of likely N-dealkylation sites (tertiary alicyclic amines) is 2. The summed E-state index contributed by atoms with van der Waals surface area (Å²) >= 11 is 0. The van der Waals surface area contributed by atoms with Crippen LogP contribution in [0, 0.1) is 0 Å². The van der Waals surface area contributed by atoms with Crippen LogP contribution in [0.1, 0.15) is 47.2 Å². The van der Waals surface area contributed by atoms with E-state index in [1.54, 1.807) is 0 Å². The maximum absolute atomic E-state index is 12.7. The van der Waals surface area contributed by atoms with E-state index in [1.165, 1.54) is 37.1 Å². The zero-order valence-electron chi connectivity index (χ0n) is 13.2. The molecule has 0 aromatic heterocycles. The molecule has 22 heavy (non-hydrogen) atoms. The van der Waals surface area contributed by atoms with Crippen LogP contribution in [0.3, 0.4) is 0 Å². The second kappa shape index (κ2) is 6.01. The highest BCUT2D eigenvalue weighted by Crippen LogP contribution is 2.23. The fraction of sp³-hybridized carbons (Fsp3) is 0.611. The van der Waals surface area contributed by atoms with Crippen molar-refractivity contribution in [3.63, 3.8) is 0 Å². The van der Waals surface area contributed by atoms with E-state index >= 15 is 0 Å². The summed E-state index contributed by atoms with van der Waals surface area (Å²) in [5, 5.41) is 3.34. The quantitative estimate of drug-likeness (QED) is 0.907. The first-order valence-corrected chi connectivity index (χ1v) is 8.67. The van der Waals surface area contributed by atoms with Crippen molar-refractivity contribution in [1.82, 2.24) is 15.1 Å². The van der Waals surface area contributed by atoms with E-state index in [2.05, 4.69) is 27.2 Å². The van der Waals surface area contributed by atoms with Gasteiger partial charge in [0.2, 0.25) is 0 Å². The second-order valence-corrected chi connectivity index (χ2v) is 6.85. The van der Waals surface area contributed by atoms with Gasteiger partial charge in [-0.15, -0.1) is 0 Å². The Hall–Kier alpha value is -1.39. The molecule has 1 aromatic carbocycles. The summed E-state index contributed by atoms with van der Waals surface area (Å²) in [6.07, 6.45) is 4.97. The third kappa shape index (κ3) is 2.66. The molecule has 2 fully saturated rings. The van der Waals surface area contributed by atoms with Crippen LogP contribution < -0.4 is 5.32 Å². The molecule has 0 spiro atoms. The number of hydrogen-bond acceptors (Lipinski definition) is 3. The largest absolute Gasteiger partial charge is 0.339 e. The van der Waals surface area contributed by atoms with Crippen LogP contribution in [0.15, 0.2) is 18.2 Å². The SMILES string of the molecule is O=C(c1ccc2c(c1)CNC2)N1CCC(N2CCCC2)CC1. The predicted octanol–water partition coefficient (Wildman–Crippen LogP) is 1.99. The summed E-state index contributed by atoms with van der Waals surface area (Å²) in [6, 6.07) is 6.90. The van der Waals surface area contributed by atoms with Crippen LogP contribution >= 0.6 is 0 Å². The first-order chi connectivity index (χ1) is 10.8. The monoisotopic (exact) mass is 299 g/mol. The minimum Gasteiger partial charge on any atom is -0.339 e. The van der Waals surface area contributed by atoms with E-state index in [0.717, 1.165) is 44.6 Å². The second-order valence-electron chi connectivity index (χ2n) is 6.85. The van der Waals surface area contributed by atoms with E-state index in [9.17, 15) is 4.79 Å². The molecule has 3 aliphatic rings. The van der Waals surface area contributed by atoms with Gasteiger partial charge in [-0.05, 0) is 62.0 Å². The van der Waals surface area contributed by atoms with Crippen molar-refractivity contribution >= 4 is 5.91 Å². The molecule has 0 aliphatic carbocycles. The van der Waals surface area contributed by atoms with Gasteiger partial charge in [0, 0.05) is 37.8 Å². The average Bonchev–Trinajstić information content (AvgIpc) is 3.25. The van der Waals surface area contributed by atoms with Crippen molar-refractivity contribution in [3.05, 3.63) is 34.9 Å². The molecule has 0 atom stereocenters. The molecule has 4 heteroatoms. The molecule has 4 nitrogen and oxygen atoms in total. The van der Waals surface area contributed by atoms with E-state index in [1.807, 2.05) is 6.07 Å². The molecule has 3 heterocycles. The third-order valence-electron chi connectivity index (χ3n) is 5.49. The molecule has 0 bridgehead atoms. The number of amides is 1. The third-order valence-corrected chi connectivity index (χ3v) is 5.49. The topological polar surface area (TPSA) is 35.6 Å². The van der Waals surface area contributed by atoms with Crippen LogP contribution in [-0.4, -0.2) is 47.9 Å². The molecule has 2 saturated heterocycles. The minimum atomic E-state index is 0.217. The van der Waals surface area contributed by atoms with Gasteiger partial charge in [-0.25, -0.2) is 0 Å². The number of fused-ring (bicyclic) bond motifs is 1. The summed E-state index contributed by atoms with van der Waals surface area (Å²) in [5.41, 5.74) is 3.49. The molecule has 1 N–H and O–H groups in total. The van der Waals surface area contributed by atoms with E-state index in [-0.39, 0.29) is 5.91 Å². The number of carbonyl (C=O) groups excluding carboxylic acids is 1. The summed E-state index contributed by atoms with van der Waals surface area (Å²) in [5.74, 6) is 0.217. The van der Waals surface area contributed by atoms with Crippen molar-refractivity contribution in [2.75, 3.05) is 26.2 Å². The van der Waals surface area contributed by atoms with Crippen LogP contribution in [0.4, 0.5) is 0 Å². The molecule has 0 unspecified atom stereocenters. The van der Waals surface area contributed by atoms with E-state index in [0.29, 0.717) is 6.04 Å². The summed E-state index contributed by atoms with van der Waals surface area (Å²) in [7, 11) is 0. The average molecular weight is 299 g/mol. The van der Waals surface area contributed by atoms with Gasteiger partial charge < -0.3 is 15.1 Å². The highest BCUT2D eigenvalue weighted by atomic mass is 16.2. The van der Waals surface area contributed by atoms with Gasteiger partial charge in [-0.3, -0.25) is 4.79 Å². The van der Waals surface area contributed by atoms with Gasteiger partial charge in [-0.1, -0.05) is 6.07 Å². The fourth-order valence-corrected chi connectivity index (χ4v) is 4.15. The summed E-state index contributed by atoms with van der Waals surface area (Å²) in [6.45, 7) is 6.18. The van der Waals surface area contributed by atoms with E-state index < -0.39 is 0 Å². The van der Waals surface area contributed by atoms with Crippen molar-refractivity contribution in [2.24, 2.45) is 0 Å². The number of benzene rings is 1. The number of nitrogens with one attached hydrogen (secondary N) is 1. The Morgan fingerprint density at radius 2 is 1.73 bits per heavy atom. The lowest BCUT2D eigenvalue weighted by Gasteiger charge is -2.36. The predicted molar refractivity (Wildman–Crippen MR) is 86.7 cm³/mol. The Labute approximate surface area is 132 Å². The van der Waals surface area contributed by atoms with Gasteiger partial charge in [-0.2, -0.15) is 0 Å². The number of piperidine rings is 1. The first-order valence-electron chi connectivity index (χ1n) is 8.67.